The molecule has 3 aromatic heterocycles. The third kappa shape index (κ3) is 1.77. The van der Waals surface area contributed by atoms with Crippen molar-refractivity contribution in [2.45, 2.75) is 13.0 Å². The van der Waals surface area contributed by atoms with Crippen LogP contribution in [0.25, 0.3) is 11.0 Å². The number of nitriles is 1. The largest absolute Gasteiger partial charge is 0.350 e. The zero-order valence-electron chi connectivity index (χ0n) is 12.4. The lowest BCUT2D eigenvalue weighted by Crippen LogP contribution is -2.48. The summed E-state index contributed by atoms with van der Waals surface area (Å²) in [7, 11) is 2.04. The monoisotopic (exact) mass is 293 g/mol. The average molecular weight is 293 g/mol. The van der Waals surface area contributed by atoms with Crippen molar-refractivity contribution in [2.75, 3.05) is 18.0 Å². The molecule has 1 saturated heterocycles. The van der Waals surface area contributed by atoms with Gasteiger partial charge in [-0.2, -0.15) is 10.4 Å². The van der Waals surface area contributed by atoms with Crippen molar-refractivity contribution >= 4 is 16.9 Å². The SMILES string of the molecule is Cc1cc2ncnc(N3CC(n4cc(C#N)cn4)C3)c2n1C. The molecule has 0 spiro atoms. The van der Waals surface area contributed by atoms with Gasteiger partial charge >= 0.3 is 0 Å². The number of rotatable bonds is 2. The van der Waals surface area contributed by atoms with Crippen LogP contribution in [0.3, 0.4) is 0 Å². The molecule has 1 fully saturated rings. The highest BCUT2D eigenvalue weighted by molar-refractivity contribution is 5.88. The van der Waals surface area contributed by atoms with E-state index >= 15 is 0 Å². The predicted molar refractivity (Wildman–Crippen MR) is 81.4 cm³/mol. The quantitative estimate of drug-likeness (QED) is 0.714. The zero-order valence-corrected chi connectivity index (χ0v) is 12.4. The Morgan fingerprint density at radius 1 is 1.32 bits per heavy atom. The highest BCUT2D eigenvalue weighted by Gasteiger charge is 2.31. The van der Waals surface area contributed by atoms with E-state index in [2.05, 4.69) is 43.6 Å². The van der Waals surface area contributed by atoms with E-state index in [9.17, 15) is 0 Å². The molecule has 22 heavy (non-hydrogen) atoms. The minimum atomic E-state index is 0.286. The van der Waals surface area contributed by atoms with Gasteiger partial charge in [0, 0.05) is 32.0 Å². The molecule has 1 aliphatic heterocycles. The molecule has 0 amide bonds. The van der Waals surface area contributed by atoms with E-state index in [-0.39, 0.29) is 6.04 Å². The lowest BCUT2D eigenvalue weighted by molar-refractivity contribution is 0.366. The summed E-state index contributed by atoms with van der Waals surface area (Å²) in [5, 5.41) is 13.1. The van der Waals surface area contributed by atoms with Crippen LogP contribution in [0.5, 0.6) is 0 Å². The van der Waals surface area contributed by atoms with Crippen LogP contribution in [0, 0.1) is 18.3 Å². The van der Waals surface area contributed by atoms with Gasteiger partial charge in [-0.1, -0.05) is 0 Å². The first-order chi connectivity index (χ1) is 10.7. The summed E-state index contributed by atoms with van der Waals surface area (Å²) in [6, 6.07) is 4.47. The van der Waals surface area contributed by atoms with Crippen LogP contribution in [0.4, 0.5) is 5.82 Å². The van der Waals surface area contributed by atoms with Gasteiger partial charge in [0.05, 0.1) is 23.3 Å². The number of anilines is 1. The third-order valence-electron chi connectivity index (χ3n) is 4.31. The van der Waals surface area contributed by atoms with E-state index in [1.807, 2.05) is 11.7 Å². The summed E-state index contributed by atoms with van der Waals surface area (Å²) in [6.45, 7) is 3.74. The summed E-state index contributed by atoms with van der Waals surface area (Å²) in [5.41, 5.74) is 3.80. The molecule has 0 radical (unpaired) electrons. The van der Waals surface area contributed by atoms with Crippen molar-refractivity contribution in [3.63, 3.8) is 0 Å². The second-order valence-corrected chi connectivity index (χ2v) is 5.66. The second kappa shape index (κ2) is 4.56. The number of hydrogen-bond donors (Lipinski definition) is 0. The molecule has 0 unspecified atom stereocenters. The Balaban J connectivity index is 1.62. The fraction of sp³-hybridized carbons (Fsp3) is 0.333. The number of nitrogens with zero attached hydrogens (tertiary/aromatic N) is 7. The molecule has 0 N–H and O–H groups in total. The molecule has 7 nitrogen and oxygen atoms in total. The Labute approximate surface area is 127 Å². The lowest BCUT2D eigenvalue weighted by Gasteiger charge is -2.40. The van der Waals surface area contributed by atoms with Crippen molar-refractivity contribution in [3.8, 4) is 6.07 Å². The zero-order chi connectivity index (χ0) is 15.3. The summed E-state index contributed by atoms with van der Waals surface area (Å²) >= 11 is 0. The van der Waals surface area contributed by atoms with Crippen molar-refractivity contribution in [3.05, 3.63) is 36.0 Å². The number of aromatic nitrogens is 5. The topological polar surface area (TPSA) is 75.6 Å². The molecule has 0 aromatic carbocycles. The highest BCUT2D eigenvalue weighted by atomic mass is 15.4. The minimum absolute atomic E-state index is 0.286. The summed E-state index contributed by atoms with van der Waals surface area (Å²) in [4.78, 5) is 11.0. The molecule has 4 rings (SSSR count). The average Bonchev–Trinajstić information content (AvgIpc) is 3.04. The van der Waals surface area contributed by atoms with Crippen LogP contribution >= 0.6 is 0 Å². The highest BCUT2D eigenvalue weighted by Crippen LogP contribution is 2.31. The maximum Gasteiger partial charge on any atom is 0.156 e. The van der Waals surface area contributed by atoms with Crippen LogP contribution in [0.15, 0.2) is 24.8 Å². The van der Waals surface area contributed by atoms with E-state index in [1.54, 1.807) is 18.7 Å². The normalized spacial score (nSPS) is 15.0. The van der Waals surface area contributed by atoms with Crippen LogP contribution in [0.2, 0.25) is 0 Å². The molecule has 0 aliphatic carbocycles. The molecule has 110 valence electrons. The standard InChI is InChI=1S/C15H15N7/c1-10-3-13-14(20(10)2)15(18-9-17-13)21-7-12(8-21)22-6-11(4-16)5-19-22/h3,5-6,9,12H,7-8H2,1-2H3. The van der Waals surface area contributed by atoms with E-state index < -0.39 is 0 Å². The van der Waals surface area contributed by atoms with Gasteiger partial charge in [0.15, 0.2) is 5.82 Å². The van der Waals surface area contributed by atoms with Crippen molar-refractivity contribution in [1.82, 2.24) is 24.3 Å². The fourth-order valence-corrected chi connectivity index (χ4v) is 2.90. The second-order valence-electron chi connectivity index (χ2n) is 5.66. The Morgan fingerprint density at radius 2 is 2.14 bits per heavy atom. The van der Waals surface area contributed by atoms with Crippen molar-refractivity contribution < 1.29 is 0 Å². The molecule has 0 bridgehead atoms. The molecular weight excluding hydrogens is 278 g/mol. The van der Waals surface area contributed by atoms with Gasteiger partial charge < -0.3 is 9.47 Å². The summed E-state index contributed by atoms with van der Waals surface area (Å²) < 4.78 is 3.99. The van der Waals surface area contributed by atoms with Crippen LogP contribution < -0.4 is 4.90 Å². The van der Waals surface area contributed by atoms with Gasteiger partial charge in [0.2, 0.25) is 0 Å². The number of fused-ring (bicyclic) bond motifs is 1. The number of hydrogen-bond acceptors (Lipinski definition) is 5. The molecule has 1 aliphatic rings. The predicted octanol–water partition coefficient (Wildman–Crippen LogP) is 1.41. The molecule has 4 heterocycles. The van der Waals surface area contributed by atoms with Gasteiger partial charge in [0.25, 0.3) is 0 Å². The Kier molecular flexibility index (Phi) is 2.66. The first-order valence-electron chi connectivity index (χ1n) is 7.13. The van der Waals surface area contributed by atoms with Crippen molar-refractivity contribution in [1.29, 1.82) is 5.26 Å². The Morgan fingerprint density at radius 3 is 2.86 bits per heavy atom. The first kappa shape index (κ1) is 12.8. The van der Waals surface area contributed by atoms with Gasteiger partial charge in [-0.15, -0.1) is 0 Å². The van der Waals surface area contributed by atoms with Gasteiger partial charge in [-0.25, -0.2) is 9.97 Å². The van der Waals surface area contributed by atoms with E-state index in [0.717, 1.165) is 29.9 Å². The van der Waals surface area contributed by atoms with Crippen molar-refractivity contribution in [2.24, 2.45) is 7.05 Å². The minimum Gasteiger partial charge on any atom is -0.350 e. The number of aryl methyl sites for hydroxylation is 2. The third-order valence-corrected chi connectivity index (χ3v) is 4.31. The van der Waals surface area contributed by atoms with Gasteiger partial charge in [-0.3, -0.25) is 4.68 Å². The van der Waals surface area contributed by atoms with E-state index in [4.69, 9.17) is 5.26 Å². The molecular formula is C15H15N7. The fourth-order valence-electron chi connectivity index (χ4n) is 2.90. The Hall–Kier alpha value is -2.88. The maximum atomic E-state index is 8.87. The van der Waals surface area contributed by atoms with E-state index in [1.165, 1.54) is 5.69 Å². The van der Waals surface area contributed by atoms with Gasteiger partial charge in [0.1, 0.15) is 17.9 Å². The van der Waals surface area contributed by atoms with Gasteiger partial charge in [-0.05, 0) is 13.0 Å². The smallest absolute Gasteiger partial charge is 0.156 e. The summed E-state index contributed by atoms with van der Waals surface area (Å²) in [5.74, 6) is 0.963. The van der Waals surface area contributed by atoms with Crippen LogP contribution in [-0.2, 0) is 7.05 Å². The lowest BCUT2D eigenvalue weighted by atomic mass is 10.1. The molecule has 0 atom stereocenters. The van der Waals surface area contributed by atoms with Crippen LogP contribution in [0.1, 0.15) is 17.3 Å². The summed E-state index contributed by atoms with van der Waals surface area (Å²) in [6.07, 6.45) is 5.02. The first-order valence-corrected chi connectivity index (χ1v) is 7.13. The van der Waals surface area contributed by atoms with E-state index in [0.29, 0.717) is 5.56 Å². The molecule has 0 saturated carbocycles. The maximum absolute atomic E-state index is 8.87. The molecule has 3 aromatic rings. The molecule has 7 heteroatoms. The van der Waals surface area contributed by atoms with Crippen LogP contribution in [-0.4, -0.2) is 37.4 Å². The Bertz CT molecular complexity index is 892.